The van der Waals surface area contributed by atoms with Gasteiger partial charge < -0.3 is 9.80 Å². The van der Waals surface area contributed by atoms with Crippen LogP contribution in [0.2, 0.25) is 0 Å². The van der Waals surface area contributed by atoms with E-state index in [-0.39, 0.29) is 11.8 Å². The normalized spacial score (nSPS) is 19.4. The van der Waals surface area contributed by atoms with Crippen LogP contribution < -0.4 is 0 Å². The standard InChI is InChI=1S/C19H32N2O2/c1-16-8-12-21(13-9-16)19(23)11-15-20(17(2)22)14-10-18-6-4-3-5-7-18/h6,16H,3-5,7-15H2,1-2H3. The zero-order valence-corrected chi connectivity index (χ0v) is 14.9. The summed E-state index contributed by atoms with van der Waals surface area (Å²) in [6, 6.07) is 0. The molecule has 1 fully saturated rings. The van der Waals surface area contributed by atoms with Gasteiger partial charge in [0, 0.05) is 39.5 Å². The predicted octanol–water partition coefficient (Wildman–Crippen LogP) is 3.37. The molecule has 2 aliphatic rings. The van der Waals surface area contributed by atoms with E-state index in [9.17, 15) is 9.59 Å². The Morgan fingerprint density at radius 1 is 1.22 bits per heavy atom. The zero-order valence-electron chi connectivity index (χ0n) is 14.9. The van der Waals surface area contributed by atoms with Gasteiger partial charge in [0.1, 0.15) is 0 Å². The molecule has 0 aromatic heterocycles. The van der Waals surface area contributed by atoms with Crippen LogP contribution in [0.25, 0.3) is 0 Å². The lowest BCUT2D eigenvalue weighted by Crippen LogP contribution is -2.40. The van der Waals surface area contributed by atoms with Gasteiger partial charge in [-0.05, 0) is 50.9 Å². The Labute approximate surface area is 140 Å². The van der Waals surface area contributed by atoms with Gasteiger partial charge >= 0.3 is 0 Å². The van der Waals surface area contributed by atoms with E-state index in [0.717, 1.165) is 44.8 Å². The molecular weight excluding hydrogens is 288 g/mol. The molecule has 1 aliphatic heterocycles. The Balaban J connectivity index is 1.74. The number of nitrogens with zero attached hydrogens (tertiary/aromatic N) is 2. The molecule has 0 N–H and O–H groups in total. The van der Waals surface area contributed by atoms with Gasteiger partial charge in [-0.2, -0.15) is 0 Å². The van der Waals surface area contributed by atoms with Crippen LogP contribution in [-0.4, -0.2) is 47.8 Å². The highest BCUT2D eigenvalue weighted by Gasteiger charge is 2.21. The average Bonchev–Trinajstić information content (AvgIpc) is 2.56. The maximum Gasteiger partial charge on any atom is 0.224 e. The number of likely N-dealkylation sites (tertiary alicyclic amines) is 1. The second-order valence-corrected chi connectivity index (χ2v) is 7.18. The molecule has 0 radical (unpaired) electrons. The van der Waals surface area contributed by atoms with Crippen LogP contribution in [0.1, 0.15) is 65.2 Å². The summed E-state index contributed by atoms with van der Waals surface area (Å²) in [5.41, 5.74) is 1.49. The Bertz CT molecular complexity index is 437. The van der Waals surface area contributed by atoms with Crippen molar-refractivity contribution in [2.45, 2.75) is 65.2 Å². The Morgan fingerprint density at radius 2 is 1.96 bits per heavy atom. The third kappa shape index (κ3) is 6.00. The molecule has 4 heteroatoms. The first-order valence-corrected chi connectivity index (χ1v) is 9.27. The fourth-order valence-corrected chi connectivity index (χ4v) is 3.48. The molecular formula is C19H32N2O2. The monoisotopic (exact) mass is 320 g/mol. The topological polar surface area (TPSA) is 40.6 Å². The quantitative estimate of drug-likeness (QED) is 0.704. The second-order valence-electron chi connectivity index (χ2n) is 7.18. The third-order valence-electron chi connectivity index (χ3n) is 5.27. The first-order chi connectivity index (χ1) is 11.1. The van der Waals surface area contributed by atoms with E-state index in [4.69, 9.17) is 0 Å². The van der Waals surface area contributed by atoms with Gasteiger partial charge in [0.2, 0.25) is 11.8 Å². The number of piperidine rings is 1. The third-order valence-corrected chi connectivity index (χ3v) is 5.27. The summed E-state index contributed by atoms with van der Waals surface area (Å²) in [5, 5.41) is 0. The fourth-order valence-electron chi connectivity index (χ4n) is 3.48. The minimum atomic E-state index is 0.0847. The van der Waals surface area contributed by atoms with E-state index in [1.54, 1.807) is 6.92 Å². The maximum atomic E-state index is 12.3. The smallest absolute Gasteiger partial charge is 0.224 e. The number of amides is 2. The van der Waals surface area contributed by atoms with Gasteiger partial charge in [-0.1, -0.05) is 18.6 Å². The molecule has 0 aromatic rings. The maximum absolute atomic E-state index is 12.3. The molecule has 1 aliphatic carbocycles. The highest BCUT2D eigenvalue weighted by Crippen LogP contribution is 2.20. The highest BCUT2D eigenvalue weighted by molar-refractivity contribution is 5.78. The van der Waals surface area contributed by atoms with Crippen LogP contribution >= 0.6 is 0 Å². The van der Waals surface area contributed by atoms with E-state index < -0.39 is 0 Å². The lowest BCUT2D eigenvalue weighted by molar-refractivity contribution is -0.134. The average molecular weight is 320 g/mol. The van der Waals surface area contributed by atoms with Crippen molar-refractivity contribution in [1.29, 1.82) is 0 Å². The molecule has 1 heterocycles. The fraction of sp³-hybridized carbons (Fsp3) is 0.789. The van der Waals surface area contributed by atoms with Gasteiger partial charge in [-0.25, -0.2) is 0 Å². The molecule has 0 spiro atoms. The van der Waals surface area contributed by atoms with E-state index in [0.29, 0.717) is 13.0 Å². The van der Waals surface area contributed by atoms with Crippen molar-refractivity contribution < 1.29 is 9.59 Å². The summed E-state index contributed by atoms with van der Waals surface area (Å²) in [6.45, 7) is 6.94. The molecule has 2 rings (SSSR count). The van der Waals surface area contributed by atoms with Gasteiger partial charge in [0.15, 0.2) is 0 Å². The number of rotatable bonds is 6. The largest absolute Gasteiger partial charge is 0.343 e. The predicted molar refractivity (Wildman–Crippen MR) is 93.0 cm³/mol. The summed E-state index contributed by atoms with van der Waals surface area (Å²) in [4.78, 5) is 28.0. The molecule has 0 saturated carbocycles. The summed E-state index contributed by atoms with van der Waals surface area (Å²) in [7, 11) is 0. The number of carbonyl (C=O) groups excluding carboxylic acids is 2. The molecule has 0 aromatic carbocycles. The number of hydrogen-bond donors (Lipinski definition) is 0. The number of carbonyl (C=O) groups is 2. The SMILES string of the molecule is CC(=O)N(CCC(=O)N1CCC(C)CC1)CCC1=CCCCC1. The van der Waals surface area contributed by atoms with Crippen LogP contribution in [0, 0.1) is 5.92 Å². The Hall–Kier alpha value is -1.32. The molecule has 1 saturated heterocycles. The molecule has 0 bridgehead atoms. The van der Waals surface area contributed by atoms with Crippen molar-refractivity contribution in [2.24, 2.45) is 5.92 Å². The van der Waals surface area contributed by atoms with Crippen LogP contribution in [0.3, 0.4) is 0 Å². The van der Waals surface area contributed by atoms with Crippen LogP contribution in [0.5, 0.6) is 0 Å². The van der Waals surface area contributed by atoms with Crippen molar-refractivity contribution in [1.82, 2.24) is 9.80 Å². The number of allylic oxidation sites excluding steroid dienone is 1. The molecule has 130 valence electrons. The highest BCUT2D eigenvalue weighted by atomic mass is 16.2. The minimum Gasteiger partial charge on any atom is -0.343 e. The van der Waals surface area contributed by atoms with Gasteiger partial charge in [-0.15, -0.1) is 0 Å². The van der Waals surface area contributed by atoms with E-state index in [2.05, 4.69) is 13.0 Å². The molecule has 4 nitrogen and oxygen atoms in total. The van der Waals surface area contributed by atoms with Crippen molar-refractivity contribution in [3.63, 3.8) is 0 Å². The Kier molecular flexibility index (Phi) is 7.13. The van der Waals surface area contributed by atoms with Crippen LogP contribution in [0.15, 0.2) is 11.6 Å². The number of hydrogen-bond acceptors (Lipinski definition) is 2. The molecule has 2 amide bonds. The van der Waals surface area contributed by atoms with Crippen LogP contribution in [-0.2, 0) is 9.59 Å². The van der Waals surface area contributed by atoms with Crippen molar-refractivity contribution >= 4 is 11.8 Å². The van der Waals surface area contributed by atoms with Gasteiger partial charge in [0.05, 0.1) is 0 Å². The first-order valence-electron chi connectivity index (χ1n) is 9.27. The van der Waals surface area contributed by atoms with Gasteiger partial charge in [0.25, 0.3) is 0 Å². The summed E-state index contributed by atoms with van der Waals surface area (Å²) < 4.78 is 0. The van der Waals surface area contributed by atoms with Crippen LogP contribution in [0.4, 0.5) is 0 Å². The molecule has 0 atom stereocenters. The van der Waals surface area contributed by atoms with Gasteiger partial charge in [-0.3, -0.25) is 9.59 Å². The lowest BCUT2D eigenvalue weighted by atomic mass is 9.97. The zero-order chi connectivity index (χ0) is 16.7. The first kappa shape index (κ1) is 18.0. The summed E-state index contributed by atoms with van der Waals surface area (Å²) in [5.74, 6) is 1.03. The molecule has 0 unspecified atom stereocenters. The lowest BCUT2D eigenvalue weighted by Gasteiger charge is -2.31. The van der Waals surface area contributed by atoms with E-state index >= 15 is 0 Å². The van der Waals surface area contributed by atoms with E-state index in [1.165, 1.54) is 31.3 Å². The molecule has 23 heavy (non-hydrogen) atoms. The van der Waals surface area contributed by atoms with Crippen molar-refractivity contribution in [2.75, 3.05) is 26.2 Å². The van der Waals surface area contributed by atoms with Crippen molar-refractivity contribution in [3.8, 4) is 0 Å². The van der Waals surface area contributed by atoms with E-state index in [1.807, 2.05) is 9.80 Å². The van der Waals surface area contributed by atoms with Crippen molar-refractivity contribution in [3.05, 3.63) is 11.6 Å². The Morgan fingerprint density at radius 3 is 2.57 bits per heavy atom. The summed E-state index contributed by atoms with van der Waals surface area (Å²) in [6.07, 6.45) is 10.9. The summed E-state index contributed by atoms with van der Waals surface area (Å²) >= 11 is 0. The minimum absolute atomic E-state index is 0.0847. The second kappa shape index (κ2) is 9.09.